The summed E-state index contributed by atoms with van der Waals surface area (Å²) in [5.41, 5.74) is 4.25. The van der Waals surface area contributed by atoms with E-state index in [1.807, 2.05) is 32.9 Å². The zero-order chi connectivity index (χ0) is 21.1. The van der Waals surface area contributed by atoms with E-state index in [1.165, 1.54) is 6.07 Å². The summed E-state index contributed by atoms with van der Waals surface area (Å²) in [7, 11) is 0. The van der Waals surface area contributed by atoms with Crippen molar-refractivity contribution in [1.82, 2.24) is 5.32 Å². The van der Waals surface area contributed by atoms with Crippen molar-refractivity contribution in [2.45, 2.75) is 39.5 Å². The van der Waals surface area contributed by atoms with Crippen LogP contribution in [-0.4, -0.2) is 23.2 Å². The van der Waals surface area contributed by atoms with E-state index in [2.05, 4.69) is 10.6 Å². The zero-order valence-corrected chi connectivity index (χ0v) is 17.7. The normalized spacial score (nSPS) is 18.8. The van der Waals surface area contributed by atoms with Gasteiger partial charge in [-0.15, -0.1) is 0 Å². The van der Waals surface area contributed by atoms with Crippen LogP contribution in [0.5, 0.6) is 0 Å². The molecule has 0 bridgehead atoms. The maximum absolute atomic E-state index is 13.7. The van der Waals surface area contributed by atoms with Crippen LogP contribution in [0.3, 0.4) is 0 Å². The quantitative estimate of drug-likeness (QED) is 0.564. The molecule has 0 saturated heterocycles. The van der Waals surface area contributed by atoms with E-state index in [0.717, 1.165) is 22.3 Å². The summed E-state index contributed by atoms with van der Waals surface area (Å²) in [6.07, 6.45) is 0.759. The van der Waals surface area contributed by atoms with Gasteiger partial charge in [-0.05, 0) is 68.2 Å². The second-order valence-corrected chi connectivity index (χ2v) is 8.07. The lowest BCUT2D eigenvalue weighted by atomic mass is 9.86. The molecule has 0 spiro atoms. The average Bonchev–Trinajstić information content (AvgIpc) is 2.91. The number of thiocarbonyl (C=S) groups is 1. The first-order chi connectivity index (χ1) is 13.8. The van der Waals surface area contributed by atoms with Gasteiger partial charge in [-0.25, -0.2) is 4.39 Å². The van der Waals surface area contributed by atoms with Gasteiger partial charge in [0.05, 0.1) is 5.69 Å². The predicted molar refractivity (Wildman–Crippen MR) is 117 cm³/mol. The molecular weight excluding hydrogens is 387 g/mol. The van der Waals surface area contributed by atoms with Crippen LogP contribution in [0.4, 0.5) is 10.1 Å². The highest BCUT2D eigenvalue weighted by Crippen LogP contribution is 2.37. The van der Waals surface area contributed by atoms with Gasteiger partial charge in [0.1, 0.15) is 17.5 Å². The first-order valence-corrected chi connectivity index (χ1v) is 10.1. The van der Waals surface area contributed by atoms with Gasteiger partial charge in [0.2, 0.25) is 0 Å². The monoisotopic (exact) mass is 412 g/mol. The van der Waals surface area contributed by atoms with Crippen molar-refractivity contribution in [3.8, 4) is 0 Å². The first kappa shape index (κ1) is 21.1. The minimum atomic E-state index is -0.663. The molecule has 0 aromatic heterocycles. The van der Waals surface area contributed by atoms with Crippen molar-refractivity contribution in [3.05, 3.63) is 64.5 Å². The summed E-state index contributed by atoms with van der Waals surface area (Å²) >= 11 is 5.19. The molecule has 2 atom stereocenters. The number of benzene rings is 2. The van der Waals surface area contributed by atoms with Crippen LogP contribution >= 0.6 is 12.2 Å². The zero-order valence-electron chi connectivity index (χ0n) is 16.8. The van der Waals surface area contributed by atoms with E-state index in [1.54, 1.807) is 18.2 Å². The van der Waals surface area contributed by atoms with Gasteiger partial charge in [-0.1, -0.05) is 29.8 Å². The molecule has 2 aromatic rings. The molecule has 2 aromatic carbocycles. The molecule has 0 radical (unpaired) electrons. The van der Waals surface area contributed by atoms with Crippen molar-refractivity contribution in [3.63, 3.8) is 0 Å². The molecule has 3 rings (SSSR count). The van der Waals surface area contributed by atoms with Crippen LogP contribution < -0.4 is 10.6 Å². The molecule has 1 aliphatic rings. The van der Waals surface area contributed by atoms with Crippen molar-refractivity contribution >= 4 is 34.6 Å². The number of para-hydroxylation sites is 1. The Balaban J connectivity index is 1.59. The number of halogens is 1. The summed E-state index contributed by atoms with van der Waals surface area (Å²) in [6, 6.07) is 10.3. The molecule has 0 amide bonds. The fourth-order valence-electron chi connectivity index (χ4n) is 4.14. The molecular formula is C23H25FN2O2S. The summed E-state index contributed by atoms with van der Waals surface area (Å²) in [5.74, 6) is -1.40. The number of anilines is 1. The third-order valence-corrected chi connectivity index (χ3v) is 5.63. The van der Waals surface area contributed by atoms with Gasteiger partial charge < -0.3 is 10.6 Å². The Morgan fingerprint density at radius 1 is 1.14 bits per heavy atom. The largest absolute Gasteiger partial charge is 0.362 e. The number of aryl methyl sites for hydroxylation is 3. The lowest BCUT2D eigenvalue weighted by Crippen LogP contribution is -2.31. The van der Waals surface area contributed by atoms with Gasteiger partial charge in [0.15, 0.2) is 10.9 Å². The number of nitrogens with one attached hydrogen (secondary N) is 2. The van der Waals surface area contributed by atoms with E-state index in [4.69, 9.17) is 12.2 Å². The van der Waals surface area contributed by atoms with E-state index in [0.29, 0.717) is 18.7 Å². The molecule has 29 heavy (non-hydrogen) atoms. The van der Waals surface area contributed by atoms with E-state index in [9.17, 15) is 14.0 Å². The third kappa shape index (κ3) is 4.70. The van der Waals surface area contributed by atoms with Gasteiger partial charge in [-0.2, -0.15) is 0 Å². The minimum absolute atomic E-state index is 0.0119. The van der Waals surface area contributed by atoms with Crippen LogP contribution in [-0.2, 0) is 9.59 Å². The van der Waals surface area contributed by atoms with Crippen molar-refractivity contribution < 1.29 is 14.0 Å². The maximum Gasteiger partial charge on any atom is 0.170 e. The highest BCUT2D eigenvalue weighted by atomic mass is 32.1. The van der Waals surface area contributed by atoms with Crippen LogP contribution in [0.2, 0.25) is 0 Å². The molecule has 0 heterocycles. The van der Waals surface area contributed by atoms with Crippen molar-refractivity contribution in [1.29, 1.82) is 0 Å². The standard InChI is InChI=1S/C23H25FN2O2S/c1-13-10-14(2)20(15(3)11-13)21-19(27)12-16(22(21)28)8-9-25-23(29)26-18-7-5-4-6-17(18)24/h4-7,10-11,16,21H,8-9,12H2,1-3H3,(H2,25,26,29). The van der Waals surface area contributed by atoms with Gasteiger partial charge in [-0.3, -0.25) is 9.59 Å². The van der Waals surface area contributed by atoms with Gasteiger partial charge in [0, 0.05) is 18.9 Å². The smallest absolute Gasteiger partial charge is 0.170 e. The fourth-order valence-corrected chi connectivity index (χ4v) is 4.35. The number of carbonyl (C=O) groups is 2. The molecule has 1 saturated carbocycles. The Hall–Kier alpha value is -2.60. The molecule has 2 N–H and O–H groups in total. The van der Waals surface area contributed by atoms with E-state index < -0.39 is 5.92 Å². The molecule has 1 fully saturated rings. The van der Waals surface area contributed by atoms with Crippen molar-refractivity contribution in [2.75, 3.05) is 11.9 Å². The summed E-state index contributed by atoms with van der Waals surface area (Å²) in [6.45, 7) is 6.35. The van der Waals surface area contributed by atoms with Gasteiger partial charge in [0.25, 0.3) is 0 Å². The minimum Gasteiger partial charge on any atom is -0.362 e. The number of carbonyl (C=O) groups excluding carboxylic acids is 2. The highest BCUT2D eigenvalue weighted by Gasteiger charge is 2.42. The Kier molecular flexibility index (Phi) is 6.42. The number of hydrogen-bond donors (Lipinski definition) is 2. The van der Waals surface area contributed by atoms with Crippen LogP contribution in [0, 0.1) is 32.5 Å². The van der Waals surface area contributed by atoms with Crippen LogP contribution in [0.25, 0.3) is 0 Å². The highest BCUT2D eigenvalue weighted by molar-refractivity contribution is 7.80. The summed E-state index contributed by atoms with van der Waals surface area (Å²) < 4.78 is 13.7. The predicted octanol–water partition coefficient (Wildman–Crippen LogP) is 4.37. The third-order valence-electron chi connectivity index (χ3n) is 5.38. The Morgan fingerprint density at radius 3 is 2.45 bits per heavy atom. The average molecular weight is 413 g/mol. The second kappa shape index (κ2) is 8.82. The number of rotatable bonds is 5. The molecule has 1 aliphatic carbocycles. The first-order valence-electron chi connectivity index (χ1n) is 9.71. The number of ketones is 2. The maximum atomic E-state index is 13.7. The number of hydrogen-bond acceptors (Lipinski definition) is 3. The summed E-state index contributed by atoms with van der Waals surface area (Å²) in [5, 5.41) is 6.09. The summed E-state index contributed by atoms with van der Waals surface area (Å²) in [4.78, 5) is 25.6. The van der Waals surface area contributed by atoms with Crippen molar-refractivity contribution in [2.24, 2.45) is 5.92 Å². The Bertz CT molecular complexity index is 950. The second-order valence-electron chi connectivity index (χ2n) is 7.66. The SMILES string of the molecule is Cc1cc(C)c(C2C(=O)CC(CCNC(=S)Nc3ccccc3F)C2=O)c(C)c1. The Labute approximate surface area is 175 Å². The Morgan fingerprint density at radius 2 is 1.79 bits per heavy atom. The number of Topliss-reactive ketones (excluding diaryl/α,β-unsaturated/α-hetero) is 2. The molecule has 2 unspecified atom stereocenters. The van der Waals surface area contributed by atoms with Crippen LogP contribution in [0.15, 0.2) is 36.4 Å². The molecule has 152 valence electrons. The lowest BCUT2D eigenvalue weighted by Gasteiger charge is -2.17. The lowest BCUT2D eigenvalue weighted by molar-refractivity contribution is -0.124. The molecule has 0 aliphatic heterocycles. The van der Waals surface area contributed by atoms with E-state index in [-0.39, 0.29) is 34.8 Å². The molecule has 4 nitrogen and oxygen atoms in total. The fraction of sp³-hybridized carbons (Fsp3) is 0.348. The molecule has 6 heteroatoms. The van der Waals surface area contributed by atoms with E-state index >= 15 is 0 Å². The topological polar surface area (TPSA) is 58.2 Å². The van der Waals surface area contributed by atoms with Gasteiger partial charge >= 0.3 is 0 Å². The van der Waals surface area contributed by atoms with Crippen LogP contribution in [0.1, 0.15) is 41.0 Å².